The zero-order valence-corrected chi connectivity index (χ0v) is 18.3. The second-order valence-electron chi connectivity index (χ2n) is 8.40. The van der Waals surface area contributed by atoms with Gasteiger partial charge in [0.15, 0.2) is 0 Å². The summed E-state index contributed by atoms with van der Waals surface area (Å²) in [6, 6.07) is 13.1. The van der Waals surface area contributed by atoms with Gasteiger partial charge in [-0.15, -0.1) is 0 Å². The molecule has 170 valence electrons. The lowest BCUT2D eigenvalue weighted by atomic mass is 10.0. The maximum Gasteiger partial charge on any atom is 0.258 e. The highest BCUT2D eigenvalue weighted by atomic mass is 16.6. The third-order valence-electron chi connectivity index (χ3n) is 5.96. The fraction of sp³-hybridized carbons (Fsp3) is 0.375. The van der Waals surface area contributed by atoms with Gasteiger partial charge in [0.1, 0.15) is 11.8 Å². The molecule has 1 unspecified atom stereocenters. The number of hydrogen-bond donors (Lipinski definition) is 2. The molecule has 2 aliphatic rings. The number of hydrogen-bond acceptors (Lipinski definition) is 9. The lowest BCUT2D eigenvalue weighted by molar-refractivity contribution is -0.152. The Morgan fingerprint density at radius 2 is 2.15 bits per heavy atom. The monoisotopic (exact) mass is 448 g/mol. The van der Waals surface area contributed by atoms with Gasteiger partial charge in [-0.25, -0.2) is 4.90 Å². The first-order valence-electron chi connectivity index (χ1n) is 10.9. The molecule has 0 amide bonds. The molecule has 0 radical (unpaired) electrons. The second kappa shape index (κ2) is 8.57. The van der Waals surface area contributed by atoms with Gasteiger partial charge in [-0.05, 0) is 43.2 Å². The quantitative estimate of drug-likeness (QED) is 0.585. The van der Waals surface area contributed by atoms with E-state index in [-0.39, 0.29) is 24.9 Å². The molecule has 2 aromatic carbocycles. The molecule has 1 aliphatic heterocycles. The number of nitriles is 1. The van der Waals surface area contributed by atoms with Crippen molar-refractivity contribution >= 4 is 0 Å². The molecule has 1 fully saturated rings. The first-order valence-corrected chi connectivity index (χ1v) is 10.9. The van der Waals surface area contributed by atoms with Gasteiger partial charge in [0, 0.05) is 24.1 Å². The zero-order valence-electron chi connectivity index (χ0n) is 18.3. The summed E-state index contributed by atoms with van der Waals surface area (Å²) in [6.45, 7) is 4.05. The van der Waals surface area contributed by atoms with E-state index in [0.717, 1.165) is 16.7 Å². The van der Waals surface area contributed by atoms with Crippen LogP contribution in [0.5, 0.6) is 5.75 Å². The minimum atomic E-state index is -1.03. The molecule has 1 aromatic heterocycles. The Bertz CT molecular complexity index is 1220. The van der Waals surface area contributed by atoms with Crippen LogP contribution in [0.1, 0.15) is 36.6 Å². The number of aromatic nitrogens is 2. The number of nitrogens with zero attached hydrogens (tertiary/aromatic N) is 4. The first-order chi connectivity index (χ1) is 16.0. The van der Waals surface area contributed by atoms with Crippen molar-refractivity contribution in [2.45, 2.75) is 44.9 Å². The van der Waals surface area contributed by atoms with Crippen LogP contribution in [-0.4, -0.2) is 57.0 Å². The molecular weight excluding hydrogens is 424 g/mol. The van der Waals surface area contributed by atoms with Crippen molar-refractivity contribution in [3.05, 3.63) is 53.1 Å². The summed E-state index contributed by atoms with van der Waals surface area (Å²) in [6.07, 6.45) is -0.687. The Morgan fingerprint density at radius 1 is 1.30 bits per heavy atom. The molecule has 0 bridgehead atoms. The first kappa shape index (κ1) is 21.6. The maximum absolute atomic E-state index is 10.2. The third-order valence-corrected chi connectivity index (χ3v) is 5.96. The summed E-state index contributed by atoms with van der Waals surface area (Å²) < 4.78 is 16.9. The van der Waals surface area contributed by atoms with Gasteiger partial charge in [-0.3, -0.25) is 0 Å². The highest BCUT2D eigenvalue weighted by molar-refractivity contribution is 5.67. The topological polar surface area (TPSA) is 125 Å². The Kier molecular flexibility index (Phi) is 5.60. The fourth-order valence-electron chi connectivity index (χ4n) is 4.64. The Labute approximate surface area is 190 Å². The Balaban J connectivity index is 1.47. The van der Waals surface area contributed by atoms with E-state index < -0.39 is 6.41 Å². The molecule has 9 heteroatoms. The van der Waals surface area contributed by atoms with Crippen LogP contribution in [0, 0.1) is 11.3 Å². The number of ether oxygens (including phenoxy) is 2. The van der Waals surface area contributed by atoms with Gasteiger partial charge in [-0.2, -0.15) is 10.2 Å². The van der Waals surface area contributed by atoms with Crippen molar-refractivity contribution < 1.29 is 24.2 Å². The Hall–Kier alpha value is -3.29. The summed E-state index contributed by atoms with van der Waals surface area (Å²) in [7, 11) is 0. The van der Waals surface area contributed by atoms with Gasteiger partial charge in [0.25, 0.3) is 5.89 Å². The molecule has 0 spiro atoms. The molecule has 33 heavy (non-hydrogen) atoms. The third kappa shape index (κ3) is 3.77. The van der Waals surface area contributed by atoms with Gasteiger partial charge in [0.05, 0.1) is 30.4 Å². The van der Waals surface area contributed by atoms with Crippen LogP contribution < -0.4 is 4.74 Å². The normalized spacial score (nSPS) is 21.8. The molecule has 2 N–H and O–H groups in total. The van der Waals surface area contributed by atoms with Crippen molar-refractivity contribution in [1.82, 2.24) is 15.0 Å². The van der Waals surface area contributed by atoms with Gasteiger partial charge < -0.3 is 24.2 Å². The summed E-state index contributed by atoms with van der Waals surface area (Å²) in [4.78, 5) is 6.34. The van der Waals surface area contributed by atoms with Gasteiger partial charge in [0.2, 0.25) is 12.2 Å². The van der Waals surface area contributed by atoms with Crippen LogP contribution in [0.3, 0.4) is 0 Å². The molecule has 3 atom stereocenters. The average molecular weight is 448 g/mol. The van der Waals surface area contributed by atoms with Crippen LogP contribution >= 0.6 is 0 Å². The number of β-amino-alcohol motifs (C(OH)–C–C–N with tert-alkyl or cyclic N) is 1. The average Bonchev–Trinajstić information content (AvgIpc) is 3.49. The van der Waals surface area contributed by atoms with Crippen LogP contribution in [-0.2, 0) is 11.2 Å². The highest BCUT2D eigenvalue weighted by Gasteiger charge is 2.47. The van der Waals surface area contributed by atoms with E-state index >= 15 is 0 Å². The predicted octanol–water partition coefficient (Wildman–Crippen LogP) is 2.63. The van der Waals surface area contributed by atoms with Crippen molar-refractivity contribution in [3.63, 3.8) is 0 Å². The molecular formula is C24H24N4O5. The second-order valence-corrected chi connectivity index (χ2v) is 8.40. The number of aliphatic hydroxyl groups excluding tert-OH is 2. The zero-order chi connectivity index (χ0) is 23.1. The number of fused-ring (bicyclic) bond motifs is 3. The number of aliphatic hydroxyl groups is 2. The molecule has 5 rings (SSSR count). The minimum Gasteiger partial charge on any atom is -0.490 e. The summed E-state index contributed by atoms with van der Waals surface area (Å²) in [5.41, 5.74) is 3.92. The van der Waals surface area contributed by atoms with Crippen LogP contribution in [0.2, 0.25) is 0 Å². The van der Waals surface area contributed by atoms with E-state index in [1.807, 2.05) is 32.0 Å². The standard InChI is InChI=1S/C24H24N4O5/c1-13(2)31-19-7-6-14(10-15(19)12-25)23-26-22(27-33-23)17-5-3-4-16-18(17)11-20-21(16)28(8-9-29)24(30)32-20/h3-7,10,13,20-21,24,29-30H,8-9,11H2,1-2H3/t20-,21+,24?/m1/s1. The van der Waals surface area contributed by atoms with Crippen molar-refractivity contribution in [2.24, 2.45) is 0 Å². The molecule has 9 nitrogen and oxygen atoms in total. The van der Waals surface area contributed by atoms with E-state index in [0.29, 0.717) is 41.6 Å². The van der Waals surface area contributed by atoms with Crippen LogP contribution in [0.4, 0.5) is 0 Å². The number of rotatable bonds is 6. The van der Waals surface area contributed by atoms with E-state index in [2.05, 4.69) is 16.2 Å². The van der Waals surface area contributed by atoms with Crippen LogP contribution in [0.15, 0.2) is 40.9 Å². The lowest BCUT2D eigenvalue weighted by Crippen LogP contribution is -2.34. The van der Waals surface area contributed by atoms with Gasteiger partial charge >= 0.3 is 0 Å². The van der Waals surface area contributed by atoms with Crippen molar-refractivity contribution in [2.75, 3.05) is 13.2 Å². The van der Waals surface area contributed by atoms with E-state index in [9.17, 15) is 15.5 Å². The van der Waals surface area contributed by atoms with Crippen molar-refractivity contribution in [3.8, 4) is 34.7 Å². The fourth-order valence-corrected chi connectivity index (χ4v) is 4.64. The molecule has 0 saturated carbocycles. The van der Waals surface area contributed by atoms with Crippen LogP contribution in [0.25, 0.3) is 22.8 Å². The Morgan fingerprint density at radius 3 is 2.91 bits per heavy atom. The molecule has 1 aliphatic carbocycles. The summed E-state index contributed by atoms with van der Waals surface area (Å²) in [5, 5.41) is 33.3. The van der Waals surface area contributed by atoms with E-state index in [1.165, 1.54) is 0 Å². The maximum atomic E-state index is 10.2. The molecule has 2 heterocycles. The van der Waals surface area contributed by atoms with E-state index in [1.54, 1.807) is 23.1 Å². The summed E-state index contributed by atoms with van der Waals surface area (Å²) in [5.74, 6) is 1.26. The summed E-state index contributed by atoms with van der Waals surface area (Å²) >= 11 is 0. The molecule has 3 aromatic rings. The molecule has 1 saturated heterocycles. The predicted molar refractivity (Wildman–Crippen MR) is 117 cm³/mol. The SMILES string of the molecule is CC(C)Oc1ccc(-c2nc(-c3cccc4c3C[C@H]3OC(O)N(CCO)[C@@H]43)no2)cc1C#N. The van der Waals surface area contributed by atoms with Gasteiger partial charge in [-0.1, -0.05) is 23.4 Å². The minimum absolute atomic E-state index is 0.0454. The largest absolute Gasteiger partial charge is 0.490 e. The number of benzene rings is 2. The highest BCUT2D eigenvalue weighted by Crippen LogP contribution is 2.46. The van der Waals surface area contributed by atoms with Crippen molar-refractivity contribution in [1.29, 1.82) is 5.26 Å². The van der Waals surface area contributed by atoms with E-state index in [4.69, 9.17) is 14.0 Å². The lowest BCUT2D eigenvalue weighted by Gasteiger charge is -2.24. The smallest absolute Gasteiger partial charge is 0.258 e.